The molecule has 8 heteroatoms. The first-order valence-electron chi connectivity index (χ1n) is 12.2. The first kappa shape index (κ1) is 24.3. The van der Waals surface area contributed by atoms with Crippen LogP contribution in [0.5, 0.6) is 5.75 Å². The highest BCUT2D eigenvalue weighted by Crippen LogP contribution is 2.39. The molecule has 6 aromatic rings. The fourth-order valence-electron chi connectivity index (χ4n) is 4.35. The molecular weight excluding hydrogens is 508 g/mol. The number of hydrogen-bond acceptors (Lipinski definition) is 6. The summed E-state index contributed by atoms with van der Waals surface area (Å²) >= 11 is 1.27. The number of methoxy groups -OCH3 is 1. The van der Waals surface area contributed by atoms with Crippen LogP contribution in [0, 0.1) is 0 Å². The number of carbonyl (C=O) groups excluding carboxylic acids is 1. The van der Waals surface area contributed by atoms with Gasteiger partial charge in [-0.15, -0.1) is 0 Å². The van der Waals surface area contributed by atoms with Crippen molar-refractivity contribution in [3.05, 3.63) is 125 Å². The van der Waals surface area contributed by atoms with Gasteiger partial charge in [0.05, 0.1) is 29.4 Å². The molecular formula is C31H22N4O3S. The second kappa shape index (κ2) is 10.4. The summed E-state index contributed by atoms with van der Waals surface area (Å²) in [7, 11) is 1.58. The zero-order valence-electron chi connectivity index (χ0n) is 20.9. The quantitative estimate of drug-likeness (QED) is 0.268. The zero-order chi connectivity index (χ0) is 26.8. The Kier molecular flexibility index (Phi) is 6.44. The number of aromatic nitrogens is 3. The Labute approximate surface area is 228 Å². The van der Waals surface area contributed by atoms with Crippen LogP contribution in [0.1, 0.15) is 10.4 Å². The van der Waals surface area contributed by atoms with E-state index in [1.54, 1.807) is 35.9 Å². The van der Waals surface area contributed by atoms with E-state index in [1.165, 1.54) is 11.3 Å². The number of benzene rings is 4. The van der Waals surface area contributed by atoms with Gasteiger partial charge in [-0.2, -0.15) is 0 Å². The van der Waals surface area contributed by atoms with Gasteiger partial charge >= 0.3 is 0 Å². The molecule has 190 valence electrons. The molecule has 0 radical (unpaired) electrons. The fraction of sp³-hybridized carbons (Fsp3) is 0.0323. The topological polar surface area (TPSA) is 86.1 Å². The van der Waals surface area contributed by atoms with Gasteiger partial charge in [-0.05, 0) is 36.4 Å². The minimum atomic E-state index is -0.271. The number of nitrogens with one attached hydrogen (secondary N) is 1. The first-order valence-corrected chi connectivity index (χ1v) is 13.0. The standard InChI is InChI=1S/C31H22N4O3S/c1-38-23-16-10-15-22(19-23)35-28(32-25-18-9-8-17-24(25)30(35)37)27-26(20-11-4-2-5-12-20)33-31(39-27)34-29(36)21-13-6-3-7-14-21/h2-19H,1H3,(H,33,34,36). The highest BCUT2D eigenvalue weighted by molar-refractivity contribution is 7.19. The van der Waals surface area contributed by atoms with Crippen LogP contribution in [0.15, 0.2) is 114 Å². The molecule has 0 fully saturated rings. The maximum Gasteiger partial charge on any atom is 0.266 e. The number of nitrogens with zero attached hydrogens (tertiary/aromatic N) is 3. The number of para-hydroxylation sites is 1. The minimum absolute atomic E-state index is 0.217. The molecule has 0 aliphatic rings. The second-order valence-corrected chi connectivity index (χ2v) is 9.68. The van der Waals surface area contributed by atoms with Crippen molar-refractivity contribution in [2.45, 2.75) is 0 Å². The van der Waals surface area contributed by atoms with Crippen molar-refractivity contribution in [3.8, 4) is 33.4 Å². The Morgan fingerprint density at radius 1 is 0.846 bits per heavy atom. The monoisotopic (exact) mass is 530 g/mol. The molecule has 0 saturated heterocycles. The van der Waals surface area contributed by atoms with Crippen molar-refractivity contribution in [2.75, 3.05) is 12.4 Å². The average Bonchev–Trinajstić information content (AvgIpc) is 3.41. The maximum atomic E-state index is 13.9. The smallest absolute Gasteiger partial charge is 0.266 e. The van der Waals surface area contributed by atoms with E-state index in [4.69, 9.17) is 14.7 Å². The second-order valence-electron chi connectivity index (χ2n) is 8.68. The lowest BCUT2D eigenvalue weighted by Crippen LogP contribution is -2.21. The molecule has 1 N–H and O–H groups in total. The molecule has 39 heavy (non-hydrogen) atoms. The van der Waals surface area contributed by atoms with Crippen molar-refractivity contribution in [2.24, 2.45) is 0 Å². The van der Waals surface area contributed by atoms with Gasteiger partial charge in [-0.3, -0.25) is 19.5 Å². The summed E-state index contributed by atoms with van der Waals surface area (Å²) in [5.74, 6) is 0.762. The van der Waals surface area contributed by atoms with Gasteiger partial charge in [-0.1, -0.05) is 78.1 Å². The van der Waals surface area contributed by atoms with E-state index in [0.29, 0.717) is 49.4 Å². The third-order valence-electron chi connectivity index (χ3n) is 6.22. The summed E-state index contributed by atoms with van der Waals surface area (Å²) < 4.78 is 7.02. The molecule has 6 rings (SSSR count). The van der Waals surface area contributed by atoms with E-state index in [-0.39, 0.29) is 11.5 Å². The lowest BCUT2D eigenvalue weighted by molar-refractivity contribution is 0.102. The van der Waals surface area contributed by atoms with E-state index in [1.807, 2.05) is 84.9 Å². The Morgan fingerprint density at radius 3 is 2.33 bits per heavy atom. The normalized spacial score (nSPS) is 10.9. The highest BCUT2D eigenvalue weighted by atomic mass is 32.1. The number of anilines is 1. The lowest BCUT2D eigenvalue weighted by Gasteiger charge is -2.14. The largest absolute Gasteiger partial charge is 0.497 e. The molecule has 1 amide bonds. The average molecular weight is 531 g/mol. The number of thiazole rings is 1. The molecule has 7 nitrogen and oxygen atoms in total. The summed E-state index contributed by atoms with van der Waals surface area (Å²) in [6.07, 6.45) is 0. The van der Waals surface area contributed by atoms with E-state index in [9.17, 15) is 9.59 Å². The van der Waals surface area contributed by atoms with Crippen molar-refractivity contribution < 1.29 is 9.53 Å². The predicted molar refractivity (Wildman–Crippen MR) is 155 cm³/mol. The van der Waals surface area contributed by atoms with Gasteiger partial charge in [0, 0.05) is 17.2 Å². The van der Waals surface area contributed by atoms with E-state index < -0.39 is 0 Å². The highest BCUT2D eigenvalue weighted by Gasteiger charge is 2.23. The number of hydrogen-bond donors (Lipinski definition) is 1. The number of fused-ring (bicyclic) bond motifs is 1. The molecule has 0 unspecified atom stereocenters. The SMILES string of the molecule is COc1cccc(-n2c(-c3sc(NC(=O)c4ccccc4)nc3-c3ccccc3)nc3ccccc3c2=O)c1. The number of ether oxygens (including phenoxy) is 1. The van der Waals surface area contributed by atoms with Crippen LogP contribution in [0.2, 0.25) is 0 Å². The maximum absolute atomic E-state index is 13.9. The van der Waals surface area contributed by atoms with Crippen molar-refractivity contribution in [3.63, 3.8) is 0 Å². The Hall–Kier alpha value is -5.08. The molecule has 2 aromatic heterocycles. The number of carbonyl (C=O) groups is 1. The third kappa shape index (κ3) is 4.69. The molecule has 0 aliphatic heterocycles. The molecule has 0 spiro atoms. The van der Waals surface area contributed by atoms with Gasteiger partial charge < -0.3 is 4.74 Å². The summed E-state index contributed by atoms with van der Waals surface area (Å²) in [5.41, 5.74) is 2.93. The number of rotatable bonds is 6. The number of amides is 1. The van der Waals surface area contributed by atoms with Crippen LogP contribution < -0.4 is 15.6 Å². The van der Waals surface area contributed by atoms with E-state index in [2.05, 4.69) is 5.32 Å². The van der Waals surface area contributed by atoms with Crippen LogP contribution in [0.25, 0.3) is 38.5 Å². The van der Waals surface area contributed by atoms with Crippen LogP contribution in [-0.4, -0.2) is 27.6 Å². The Bertz CT molecular complexity index is 1860. The van der Waals surface area contributed by atoms with Crippen LogP contribution in [0.3, 0.4) is 0 Å². The van der Waals surface area contributed by atoms with E-state index >= 15 is 0 Å². The van der Waals surface area contributed by atoms with Crippen LogP contribution >= 0.6 is 11.3 Å². The summed E-state index contributed by atoms with van der Waals surface area (Å²) in [6, 6.07) is 33.1. The van der Waals surface area contributed by atoms with Crippen LogP contribution in [-0.2, 0) is 0 Å². The van der Waals surface area contributed by atoms with Gasteiger partial charge in [0.25, 0.3) is 11.5 Å². The summed E-state index contributed by atoms with van der Waals surface area (Å²) in [5, 5.41) is 3.81. The summed E-state index contributed by atoms with van der Waals surface area (Å²) in [4.78, 5) is 37.3. The summed E-state index contributed by atoms with van der Waals surface area (Å²) in [6.45, 7) is 0. The Balaban J connectivity index is 1.60. The molecule has 4 aromatic carbocycles. The van der Waals surface area contributed by atoms with Crippen LogP contribution in [0.4, 0.5) is 5.13 Å². The molecule has 0 bridgehead atoms. The third-order valence-corrected chi connectivity index (χ3v) is 7.19. The zero-order valence-corrected chi connectivity index (χ0v) is 21.7. The predicted octanol–water partition coefficient (Wildman–Crippen LogP) is 6.44. The fourth-order valence-corrected chi connectivity index (χ4v) is 5.31. The molecule has 2 heterocycles. The van der Waals surface area contributed by atoms with Gasteiger partial charge in [0.2, 0.25) is 0 Å². The van der Waals surface area contributed by atoms with Crippen molar-refractivity contribution in [1.82, 2.24) is 14.5 Å². The first-order chi connectivity index (χ1) is 19.1. The van der Waals surface area contributed by atoms with Gasteiger partial charge in [-0.25, -0.2) is 9.97 Å². The molecule has 0 atom stereocenters. The van der Waals surface area contributed by atoms with E-state index in [0.717, 1.165) is 5.56 Å². The Morgan fingerprint density at radius 2 is 1.56 bits per heavy atom. The lowest BCUT2D eigenvalue weighted by atomic mass is 10.1. The molecule has 0 saturated carbocycles. The molecule has 0 aliphatic carbocycles. The van der Waals surface area contributed by atoms with Crippen molar-refractivity contribution >= 4 is 33.3 Å². The van der Waals surface area contributed by atoms with Gasteiger partial charge in [0.1, 0.15) is 10.6 Å². The van der Waals surface area contributed by atoms with Crippen molar-refractivity contribution in [1.29, 1.82) is 0 Å². The minimum Gasteiger partial charge on any atom is -0.497 e. The van der Waals surface area contributed by atoms with Gasteiger partial charge in [0.15, 0.2) is 11.0 Å².